The van der Waals surface area contributed by atoms with E-state index in [9.17, 15) is 9.90 Å². The highest BCUT2D eigenvalue weighted by atomic mass is 16.5. The number of nitrogens with zero attached hydrogens (tertiary/aromatic N) is 2. The van der Waals surface area contributed by atoms with Gasteiger partial charge in [-0.05, 0) is 12.3 Å². The number of benzene rings is 2. The van der Waals surface area contributed by atoms with Crippen LogP contribution in [0, 0.1) is 0 Å². The summed E-state index contributed by atoms with van der Waals surface area (Å²) in [4.78, 5) is 13.9. The first kappa shape index (κ1) is 15.0. The molecule has 1 aliphatic heterocycles. The molecule has 0 bridgehead atoms. The molecule has 1 aliphatic rings. The van der Waals surface area contributed by atoms with Gasteiger partial charge in [0.25, 0.3) is 0 Å². The van der Waals surface area contributed by atoms with Crippen molar-refractivity contribution in [1.82, 2.24) is 5.16 Å². The van der Waals surface area contributed by atoms with E-state index in [-0.39, 0.29) is 18.5 Å². The second-order valence-electron chi connectivity index (χ2n) is 5.98. The van der Waals surface area contributed by atoms with Crippen LogP contribution in [-0.2, 0) is 16.0 Å². The van der Waals surface area contributed by atoms with E-state index < -0.39 is 0 Å². The fourth-order valence-electron chi connectivity index (χ4n) is 3.23. The maximum Gasteiger partial charge on any atom is 0.312 e. The first-order valence-corrected chi connectivity index (χ1v) is 8.06. The lowest BCUT2D eigenvalue weighted by atomic mass is 9.99. The maximum atomic E-state index is 11.8. The van der Waals surface area contributed by atoms with Crippen LogP contribution < -0.4 is 4.90 Å². The number of hydrogen-bond donors (Lipinski definition) is 1. The summed E-state index contributed by atoms with van der Waals surface area (Å²) >= 11 is 0. The lowest BCUT2D eigenvalue weighted by molar-refractivity contribution is -0.142. The third-order valence-corrected chi connectivity index (χ3v) is 4.35. The van der Waals surface area contributed by atoms with Gasteiger partial charge in [0, 0.05) is 30.2 Å². The number of ether oxygens (including phenoxy) is 1. The van der Waals surface area contributed by atoms with Crippen molar-refractivity contribution in [2.45, 2.75) is 19.4 Å². The summed E-state index contributed by atoms with van der Waals surface area (Å²) < 4.78 is 10.5. The first-order chi connectivity index (χ1) is 11.7. The SMILES string of the molecule is CCOC(=O)Cc1noc2cc(N3CC(O)C3)c3ccccc3c12. The summed E-state index contributed by atoms with van der Waals surface area (Å²) in [5, 5.41) is 16.6. The number of carbonyl (C=O) groups is 1. The highest BCUT2D eigenvalue weighted by Gasteiger charge is 2.27. The topological polar surface area (TPSA) is 75.8 Å². The number of esters is 1. The van der Waals surface area contributed by atoms with Gasteiger partial charge >= 0.3 is 5.97 Å². The van der Waals surface area contributed by atoms with Gasteiger partial charge in [0.1, 0.15) is 5.69 Å². The Kier molecular flexibility index (Phi) is 3.61. The number of anilines is 1. The van der Waals surface area contributed by atoms with Crippen molar-refractivity contribution in [2.75, 3.05) is 24.6 Å². The molecule has 1 saturated heterocycles. The van der Waals surface area contributed by atoms with E-state index in [1.165, 1.54) is 0 Å². The second kappa shape index (κ2) is 5.79. The molecular weight excluding hydrogens is 308 g/mol. The Morgan fingerprint density at radius 2 is 2.12 bits per heavy atom. The van der Waals surface area contributed by atoms with Crippen LogP contribution in [0.15, 0.2) is 34.9 Å². The smallest absolute Gasteiger partial charge is 0.312 e. The largest absolute Gasteiger partial charge is 0.466 e. The van der Waals surface area contributed by atoms with E-state index in [0.717, 1.165) is 21.8 Å². The molecule has 3 aromatic rings. The summed E-state index contributed by atoms with van der Waals surface area (Å²) in [6.07, 6.45) is -0.194. The van der Waals surface area contributed by atoms with E-state index in [1.807, 2.05) is 30.3 Å². The van der Waals surface area contributed by atoms with Gasteiger partial charge in [-0.3, -0.25) is 4.79 Å². The summed E-state index contributed by atoms with van der Waals surface area (Å²) in [6, 6.07) is 9.91. The van der Waals surface area contributed by atoms with Crippen molar-refractivity contribution in [1.29, 1.82) is 0 Å². The van der Waals surface area contributed by atoms with Crippen molar-refractivity contribution in [3.8, 4) is 0 Å². The number of fused-ring (bicyclic) bond motifs is 3. The van der Waals surface area contributed by atoms with E-state index in [2.05, 4.69) is 10.1 Å². The van der Waals surface area contributed by atoms with Crippen molar-refractivity contribution in [3.05, 3.63) is 36.0 Å². The van der Waals surface area contributed by atoms with E-state index in [0.29, 0.717) is 31.0 Å². The lowest BCUT2D eigenvalue weighted by Gasteiger charge is -2.38. The number of aliphatic hydroxyl groups excluding tert-OH is 1. The van der Waals surface area contributed by atoms with Crippen molar-refractivity contribution in [3.63, 3.8) is 0 Å². The third kappa shape index (κ3) is 2.39. The summed E-state index contributed by atoms with van der Waals surface area (Å²) in [7, 11) is 0. The summed E-state index contributed by atoms with van der Waals surface area (Å²) in [6.45, 7) is 3.34. The highest BCUT2D eigenvalue weighted by molar-refractivity contribution is 6.13. The normalized spacial score (nSPS) is 15.0. The number of carbonyl (C=O) groups excluding carboxylic acids is 1. The molecule has 0 unspecified atom stereocenters. The number of rotatable bonds is 4. The predicted octanol–water partition coefficient (Wildman–Crippen LogP) is 2.27. The summed E-state index contributed by atoms with van der Waals surface area (Å²) in [5.74, 6) is -0.313. The van der Waals surface area contributed by atoms with Crippen LogP contribution in [0.3, 0.4) is 0 Å². The molecule has 1 N–H and O–H groups in total. The average Bonchev–Trinajstić information content (AvgIpc) is 2.94. The van der Waals surface area contributed by atoms with Crippen LogP contribution in [0.4, 0.5) is 5.69 Å². The number of β-amino-alcohol motifs (C(OH)–C–C–N with tert-alkyl or cyclic N) is 1. The van der Waals surface area contributed by atoms with Crippen LogP contribution in [0.5, 0.6) is 0 Å². The minimum atomic E-state index is -0.313. The highest BCUT2D eigenvalue weighted by Crippen LogP contribution is 2.37. The Balaban J connectivity index is 1.85. The molecule has 0 saturated carbocycles. The van der Waals surface area contributed by atoms with E-state index >= 15 is 0 Å². The minimum absolute atomic E-state index is 0.0899. The molecule has 6 heteroatoms. The molecule has 0 spiro atoms. The Labute approximate surface area is 138 Å². The zero-order valence-electron chi connectivity index (χ0n) is 13.4. The Bertz CT molecular complexity index is 912. The maximum absolute atomic E-state index is 11.8. The van der Waals surface area contributed by atoms with Gasteiger partial charge in [0.05, 0.1) is 24.5 Å². The molecule has 124 valence electrons. The Hall–Kier alpha value is -2.60. The second-order valence-corrected chi connectivity index (χ2v) is 5.98. The van der Waals surface area contributed by atoms with Crippen LogP contribution in [0.2, 0.25) is 0 Å². The zero-order chi connectivity index (χ0) is 16.7. The van der Waals surface area contributed by atoms with Crippen LogP contribution in [-0.4, -0.2) is 42.0 Å². The number of aromatic nitrogens is 1. The van der Waals surface area contributed by atoms with E-state index in [1.54, 1.807) is 6.92 Å². The van der Waals surface area contributed by atoms with Crippen molar-refractivity contribution >= 4 is 33.4 Å². The van der Waals surface area contributed by atoms with Gasteiger partial charge in [0.15, 0.2) is 5.58 Å². The van der Waals surface area contributed by atoms with Gasteiger partial charge in [-0.25, -0.2) is 0 Å². The average molecular weight is 326 g/mol. The molecule has 0 atom stereocenters. The molecule has 6 nitrogen and oxygen atoms in total. The molecule has 2 heterocycles. The Morgan fingerprint density at radius 1 is 1.38 bits per heavy atom. The molecule has 1 fully saturated rings. The Morgan fingerprint density at radius 3 is 2.83 bits per heavy atom. The lowest BCUT2D eigenvalue weighted by Crippen LogP contribution is -2.50. The third-order valence-electron chi connectivity index (χ3n) is 4.35. The molecule has 1 aromatic heterocycles. The number of aliphatic hydroxyl groups is 1. The fraction of sp³-hybridized carbons (Fsp3) is 0.333. The molecule has 0 radical (unpaired) electrons. The van der Waals surface area contributed by atoms with E-state index in [4.69, 9.17) is 9.26 Å². The fourth-order valence-corrected chi connectivity index (χ4v) is 3.23. The summed E-state index contributed by atoms with van der Waals surface area (Å²) in [5.41, 5.74) is 2.25. The molecule has 24 heavy (non-hydrogen) atoms. The van der Waals surface area contributed by atoms with Crippen molar-refractivity contribution < 1.29 is 19.2 Å². The standard InChI is InChI=1S/C18H18N2O4/c1-2-23-17(22)7-14-18-13-6-4-3-5-12(13)15(8-16(18)24-19-14)20-9-11(21)10-20/h3-6,8,11,21H,2,7,9-10H2,1H3. The number of hydrogen-bond acceptors (Lipinski definition) is 6. The van der Waals surface area contributed by atoms with Crippen LogP contribution in [0.25, 0.3) is 21.7 Å². The van der Waals surface area contributed by atoms with Gasteiger partial charge in [-0.2, -0.15) is 0 Å². The quantitative estimate of drug-likeness (QED) is 0.741. The van der Waals surface area contributed by atoms with Crippen LogP contribution >= 0.6 is 0 Å². The molecule has 0 amide bonds. The van der Waals surface area contributed by atoms with Gasteiger partial charge in [-0.15, -0.1) is 0 Å². The first-order valence-electron chi connectivity index (χ1n) is 8.06. The molecular formula is C18H18N2O4. The molecule has 2 aromatic carbocycles. The minimum Gasteiger partial charge on any atom is -0.466 e. The van der Waals surface area contributed by atoms with Gasteiger partial charge < -0.3 is 19.3 Å². The molecule has 4 rings (SSSR count). The van der Waals surface area contributed by atoms with Gasteiger partial charge in [-0.1, -0.05) is 29.4 Å². The van der Waals surface area contributed by atoms with Crippen molar-refractivity contribution in [2.24, 2.45) is 0 Å². The predicted molar refractivity (Wildman–Crippen MR) is 90.1 cm³/mol. The molecule has 0 aliphatic carbocycles. The van der Waals surface area contributed by atoms with Crippen LogP contribution in [0.1, 0.15) is 12.6 Å². The van der Waals surface area contributed by atoms with Gasteiger partial charge in [0.2, 0.25) is 0 Å². The monoisotopic (exact) mass is 326 g/mol. The zero-order valence-corrected chi connectivity index (χ0v) is 13.4.